The second-order valence-electron chi connectivity index (χ2n) is 3.46. The Morgan fingerprint density at radius 1 is 1.42 bits per heavy atom. The zero-order valence-electron chi connectivity index (χ0n) is 9.20. The first-order valence-corrected chi connectivity index (χ1v) is 7.13. The Morgan fingerprint density at radius 2 is 2.16 bits per heavy atom. The molecule has 10 heteroatoms. The minimum Gasteiger partial charge on any atom is -0.284 e. The molecule has 1 heterocycles. The van der Waals surface area contributed by atoms with Crippen LogP contribution < -0.4 is 4.72 Å². The molecule has 0 spiro atoms. The van der Waals surface area contributed by atoms with Crippen molar-refractivity contribution in [3.05, 3.63) is 45.2 Å². The number of benzene rings is 1. The van der Waals surface area contributed by atoms with Gasteiger partial charge in [-0.15, -0.1) is 0 Å². The van der Waals surface area contributed by atoms with E-state index in [-0.39, 0.29) is 20.7 Å². The van der Waals surface area contributed by atoms with E-state index in [2.05, 4.69) is 30.8 Å². The second-order valence-corrected chi connectivity index (χ2v) is 6.00. The Bertz CT molecular complexity index is 714. The first kappa shape index (κ1) is 13.5. The standard InChI is InChI=1S/C9H7BrN4O4S/c10-8-3-6(1-2-9(8)14(15)16)13-19(17,18)7-4-11-12-5-7/h1-5,13H,(H,11,12). The van der Waals surface area contributed by atoms with Crippen LogP contribution in [0.3, 0.4) is 0 Å². The average molecular weight is 347 g/mol. The van der Waals surface area contributed by atoms with Gasteiger partial charge in [0.05, 0.1) is 21.3 Å². The van der Waals surface area contributed by atoms with Gasteiger partial charge in [0, 0.05) is 12.3 Å². The lowest BCUT2D eigenvalue weighted by Crippen LogP contribution is -2.12. The smallest absolute Gasteiger partial charge is 0.283 e. The molecular weight excluding hydrogens is 340 g/mol. The summed E-state index contributed by atoms with van der Waals surface area (Å²) in [6.07, 6.45) is 2.38. The Balaban J connectivity index is 2.30. The van der Waals surface area contributed by atoms with Crippen molar-refractivity contribution in [2.75, 3.05) is 4.72 Å². The predicted molar refractivity (Wildman–Crippen MR) is 70.2 cm³/mol. The van der Waals surface area contributed by atoms with Gasteiger partial charge in [0.2, 0.25) is 0 Å². The number of H-pyrrole nitrogens is 1. The van der Waals surface area contributed by atoms with Gasteiger partial charge in [-0.1, -0.05) is 0 Å². The molecule has 0 saturated carbocycles. The summed E-state index contributed by atoms with van der Waals surface area (Å²) in [5.41, 5.74) is 0.0601. The maximum atomic E-state index is 11.9. The van der Waals surface area contributed by atoms with Crippen LogP contribution in [0.1, 0.15) is 0 Å². The molecule has 0 aliphatic carbocycles. The largest absolute Gasteiger partial charge is 0.284 e. The Hall–Kier alpha value is -1.94. The highest BCUT2D eigenvalue weighted by Gasteiger charge is 2.17. The van der Waals surface area contributed by atoms with Crippen molar-refractivity contribution in [3.63, 3.8) is 0 Å². The number of aromatic nitrogens is 2. The van der Waals surface area contributed by atoms with Gasteiger partial charge < -0.3 is 0 Å². The van der Waals surface area contributed by atoms with Crippen molar-refractivity contribution in [1.29, 1.82) is 0 Å². The number of halogens is 1. The molecule has 0 amide bonds. The number of nitro benzene ring substituents is 1. The van der Waals surface area contributed by atoms with Crippen LogP contribution in [0.15, 0.2) is 40.0 Å². The first-order chi connectivity index (χ1) is 8.90. The van der Waals surface area contributed by atoms with Crippen LogP contribution in [-0.2, 0) is 10.0 Å². The minimum atomic E-state index is -3.75. The molecule has 19 heavy (non-hydrogen) atoms. The van der Waals surface area contributed by atoms with Crippen molar-refractivity contribution in [3.8, 4) is 0 Å². The summed E-state index contributed by atoms with van der Waals surface area (Å²) in [6.45, 7) is 0. The molecule has 0 atom stereocenters. The lowest BCUT2D eigenvalue weighted by atomic mass is 10.3. The van der Waals surface area contributed by atoms with Crippen molar-refractivity contribution in [2.45, 2.75) is 4.90 Å². The number of hydrogen-bond donors (Lipinski definition) is 2. The van der Waals surface area contributed by atoms with E-state index in [1.165, 1.54) is 24.4 Å². The highest BCUT2D eigenvalue weighted by Crippen LogP contribution is 2.28. The maximum absolute atomic E-state index is 11.9. The van der Waals surface area contributed by atoms with Crippen molar-refractivity contribution >= 4 is 37.3 Å². The first-order valence-electron chi connectivity index (χ1n) is 4.86. The number of nitro groups is 1. The fourth-order valence-electron chi connectivity index (χ4n) is 1.32. The van der Waals surface area contributed by atoms with E-state index < -0.39 is 14.9 Å². The Labute approximate surface area is 116 Å². The van der Waals surface area contributed by atoms with Gasteiger partial charge in [-0.25, -0.2) is 8.42 Å². The molecule has 0 unspecified atom stereocenters. The summed E-state index contributed by atoms with van der Waals surface area (Å²) in [7, 11) is -3.75. The Kier molecular flexibility index (Phi) is 3.53. The maximum Gasteiger partial charge on any atom is 0.283 e. The van der Waals surface area contributed by atoms with E-state index in [9.17, 15) is 18.5 Å². The molecule has 0 saturated heterocycles. The van der Waals surface area contributed by atoms with Crippen molar-refractivity contribution in [2.24, 2.45) is 0 Å². The lowest BCUT2D eigenvalue weighted by molar-refractivity contribution is -0.385. The van der Waals surface area contributed by atoms with Crippen LogP contribution in [-0.4, -0.2) is 23.5 Å². The van der Waals surface area contributed by atoms with Crippen LogP contribution in [0.2, 0.25) is 0 Å². The van der Waals surface area contributed by atoms with Gasteiger partial charge in [0.1, 0.15) is 4.90 Å². The quantitative estimate of drug-likeness (QED) is 0.647. The number of nitrogens with zero attached hydrogens (tertiary/aromatic N) is 2. The summed E-state index contributed by atoms with van der Waals surface area (Å²) in [5, 5.41) is 16.6. The molecule has 2 N–H and O–H groups in total. The summed E-state index contributed by atoms with van der Waals surface area (Å²) >= 11 is 3.01. The number of rotatable bonds is 4. The molecule has 0 radical (unpaired) electrons. The van der Waals surface area contributed by atoms with Gasteiger partial charge in [-0.2, -0.15) is 5.10 Å². The van der Waals surface area contributed by atoms with Crippen LogP contribution in [0.5, 0.6) is 0 Å². The molecule has 0 fully saturated rings. The van der Waals surface area contributed by atoms with Gasteiger partial charge in [0.15, 0.2) is 0 Å². The highest BCUT2D eigenvalue weighted by atomic mass is 79.9. The summed E-state index contributed by atoms with van der Waals surface area (Å²) < 4.78 is 26.2. The normalized spacial score (nSPS) is 11.2. The topological polar surface area (TPSA) is 118 Å². The van der Waals surface area contributed by atoms with Crippen LogP contribution in [0, 0.1) is 10.1 Å². The minimum absolute atomic E-state index is 0.0259. The van der Waals surface area contributed by atoms with Gasteiger partial charge in [0.25, 0.3) is 15.7 Å². The van der Waals surface area contributed by atoms with Crippen molar-refractivity contribution in [1.82, 2.24) is 10.2 Å². The number of hydrogen-bond acceptors (Lipinski definition) is 5. The van der Waals surface area contributed by atoms with Gasteiger partial charge in [-0.05, 0) is 28.1 Å². The molecular formula is C9H7BrN4O4S. The third kappa shape index (κ3) is 2.90. The molecule has 8 nitrogen and oxygen atoms in total. The average Bonchev–Trinajstić information content (AvgIpc) is 2.81. The third-order valence-corrected chi connectivity index (χ3v) is 4.16. The van der Waals surface area contributed by atoms with Crippen LogP contribution in [0.25, 0.3) is 0 Å². The number of nitrogens with one attached hydrogen (secondary N) is 2. The molecule has 1 aromatic carbocycles. The monoisotopic (exact) mass is 346 g/mol. The molecule has 2 rings (SSSR count). The molecule has 1 aromatic heterocycles. The van der Waals surface area contributed by atoms with Crippen molar-refractivity contribution < 1.29 is 13.3 Å². The lowest BCUT2D eigenvalue weighted by Gasteiger charge is -2.06. The van der Waals surface area contributed by atoms with Crippen LogP contribution >= 0.6 is 15.9 Å². The molecule has 0 aliphatic heterocycles. The summed E-state index contributed by atoms with van der Waals surface area (Å²) in [5.74, 6) is 0. The van der Waals surface area contributed by atoms with E-state index in [1.807, 2.05) is 0 Å². The third-order valence-electron chi connectivity index (χ3n) is 2.18. The van der Waals surface area contributed by atoms with E-state index in [0.717, 1.165) is 6.20 Å². The zero-order chi connectivity index (χ0) is 14.0. The summed E-state index contributed by atoms with van der Waals surface area (Å²) in [4.78, 5) is 10.0. The van der Waals surface area contributed by atoms with Crippen LogP contribution in [0.4, 0.5) is 11.4 Å². The molecule has 0 aliphatic rings. The zero-order valence-corrected chi connectivity index (χ0v) is 11.6. The summed E-state index contributed by atoms with van der Waals surface area (Å²) in [6, 6.07) is 3.83. The fraction of sp³-hybridized carbons (Fsp3) is 0. The van der Waals surface area contributed by atoms with Gasteiger partial charge >= 0.3 is 0 Å². The number of sulfonamides is 1. The predicted octanol–water partition coefficient (Wildman–Crippen LogP) is 1.88. The fourth-order valence-corrected chi connectivity index (χ4v) is 2.80. The highest BCUT2D eigenvalue weighted by molar-refractivity contribution is 9.10. The SMILES string of the molecule is O=[N+]([O-])c1ccc(NS(=O)(=O)c2cn[nH]c2)cc1Br. The van der Waals surface area contributed by atoms with E-state index in [0.29, 0.717) is 0 Å². The molecule has 0 bridgehead atoms. The second kappa shape index (κ2) is 4.97. The number of anilines is 1. The van der Waals surface area contributed by atoms with E-state index in [4.69, 9.17) is 0 Å². The molecule has 2 aromatic rings. The Morgan fingerprint density at radius 3 is 2.68 bits per heavy atom. The van der Waals surface area contributed by atoms with E-state index in [1.54, 1.807) is 0 Å². The number of aromatic amines is 1. The van der Waals surface area contributed by atoms with Gasteiger partial charge in [-0.3, -0.25) is 19.9 Å². The molecule has 100 valence electrons. The van der Waals surface area contributed by atoms with E-state index >= 15 is 0 Å².